The summed E-state index contributed by atoms with van der Waals surface area (Å²) in [4.78, 5) is 21.7. The number of aromatic nitrogens is 2. The normalized spacial score (nSPS) is 17.9. The number of ketones is 1. The fraction of sp³-hybridized carbons (Fsp3) is 0.458. The van der Waals surface area contributed by atoms with E-state index >= 15 is 0 Å². The number of hydrogen-bond donors (Lipinski definition) is 1. The van der Waals surface area contributed by atoms with Gasteiger partial charge >= 0.3 is 6.01 Å². The highest BCUT2D eigenvalue weighted by atomic mass is 16.5. The number of Topliss-reactive ketones (excluding diaryl/α,β-unsaturated/α-hetero) is 1. The maximum Gasteiger partial charge on any atom is 0.321 e. The van der Waals surface area contributed by atoms with Crippen molar-refractivity contribution in [2.45, 2.75) is 72.0 Å². The zero-order valence-corrected chi connectivity index (χ0v) is 18.6. The summed E-state index contributed by atoms with van der Waals surface area (Å²) >= 11 is 0. The van der Waals surface area contributed by atoms with Gasteiger partial charge in [0.05, 0.1) is 5.57 Å². The number of carbonyl (C=O) groups is 1. The van der Waals surface area contributed by atoms with Gasteiger partial charge in [-0.15, -0.1) is 0 Å². The molecule has 0 unspecified atom stereocenters. The second kappa shape index (κ2) is 8.19. The Morgan fingerprint density at radius 1 is 1.07 bits per heavy atom. The molecule has 1 aliphatic rings. The van der Waals surface area contributed by atoms with Gasteiger partial charge in [0.25, 0.3) is 0 Å². The van der Waals surface area contributed by atoms with Crippen LogP contribution >= 0.6 is 0 Å². The average molecular weight is 411 g/mol. The lowest BCUT2D eigenvalue weighted by Gasteiger charge is -2.40. The highest BCUT2D eigenvalue weighted by Gasteiger charge is 2.47. The lowest BCUT2D eigenvalue weighted by Crippen LogP contribution is -2.49. The van der Waals surface area contributed by atoms with Crippen molar-refractivity contribution >= 4 is 11.4 Å². The molecule has 160 valence electrons. The average Bonchev–Trinajstić information content (AvgIpc) is 2.68. The Hall–Kier alpha value is -2.73. The molecule has 3 rings (SSSR count). The molecule has 6 heteroatoms. The van der Waals surface area contributed by atoms with Crippen LogP contribution in [0.4, 0.5) is 0 Å². The molecule has 0 spiro atoms. The van der Waals surface area contributed by atoms with Gasteiger partial charge < -0.3 is 14.6 Å². The van der Waals surface area contributed by atoms with Crippen LogP contribution in [0, 0.1) is 0 Å². The number of carbonyl (C=O) groups excluding carboxylic acids is 1. The van der Waals surface area contributed by atoms with Crippen LogP contribution in [-0.4, -0.2) is 32.1 Å². The second-order valence-corrected chi connectivity index (χ2v) is 8.57. The quantitative estimate of drug-likeness (QED) is 0.704. The Morgan fingerprint density at radius 3 is 2.33 bits per heavy atom. The summed E-state index contributed by atoms with van der Waals surface area (Å²) in [6, 6.07) is 5.73. The maximum absolute atomic E-state index is 13.2. The molecule has 0 atom stereocenters. The summed E-state index contributed by atoms with van der Waals surface area (Å²) in [5.41, 5.74) is 0.879. The van der Waals surface area contributed by atoms with Gasteiger partial charge in [-0.05, 0) is 69.4 Å². The molecule has 1 N–H and O–H groups in total. The minimum atomic E-state index is -1.05. The molecule has 0 radical (unpaired) electrons. The van der Waals surface area contributed by atoms with Crippen molar-refractivity contribution < 1.29 is 19.4 Å². The van der Waals surface area contributed by atoms with Gasteiger partial charge in [-0.1, -0.05) is 26.3 Å². The molecule has 6 nitrogen and oxygen atoms in total. The summed E-state index contributed by atoms with van der Waals surface area (Å²) in [5.74, 6) is 0.172. The molecule has 0 saturated heterocycles. The van der Waals surface area contributed by atoms with Gasteiger partial charge in [-0.2, -0.15) is 0 Å². The first-order valence-electron chi connectivity index (χ1n) is 10.4. The van der Waals surface area contributed by atoms with Crippen molar-refractivity contribution in [2.24, 2.45) is 0 Å². The maximum atomic E-state index is 13.2. The van der Waals surface area contributed by atoms with Gasteiger partial charge in [0, 0.05) is 12.4 Å². The van der Waals surface area contributed by atoms with E-state index in [2.05, 4.69) is 16.9 Å². The fourth-order valence-corrected chi connectivity index (χ4v) is 3.77. The van der Waals surface area contributed by atoms with Crippen molar-refractivity contribution in [3.05, 3.63) is 53.0 Å². The SMILES string of the molecule is CCCc1cnc(Oc2ccc(CC)c(C3=C(O)C(C)(C)OC(C)(C)C3=O)c2)nc1. The topological polar surface area (TPSA) is 81.5 Å². The van der Waals surface area contributed by atoms with Crippen LogP contribution in [-0.2, 0) is 22.4 Å². The molecule has 2 heterocycles. The third kappa shape index (κ3) is 4.24. The first kappa shape index (κ1) is 22.0. The molecule has 0 fully saturated rings. The molecular formula is C24H30N2O4. The van der Waals surface area contributed by atoms with Crippen LogP contribution in [0.5, 0.6) is 11.8 Å². The van der Waals surface area contributed by atoms with Gasteiger partial charge in [0.1, 0.15) is 22.7 Å². The third-order valence-corrected chi connectivity index (χ3v) is 5.25. The van der Waals surface area contributed by atoms with Crippen molar-refractivity contribution in [1.29, 1.82) is 0 Å². The van der Waals surface area contributed by atoms with Gasteiger partial charge in [-0.3, -0.25) is 4.79 Å². The zero-order valence-electron chi connectivity index (χ0n) is 18.6. The Morgan fingerprint density at radius 2 is 1.73 bits per heavy atom. The van der Waals surface area contributed by atoms with E-state index in [1.807, 2.05) is 19.1 Å². The number of nitrogens with zero attached hydrogens (tertiary/aromatic N) is 2. The number of rotatable bonds is 6. The molecule has 30 heavy (non-hydrogen) atoms. The van der Waals surface area contributed by atoms with Crippen LogP contribution < -0.4 is 4.74 Å². The predicted octanol–water partition coefficient (Wildman–Crippen LogP) is 5.21. The summed E-state index contributed by atoms with van der Waals surface area (Å²) in [5, 5.41) is 10.9. The number of aliphatic hydroxyl groups excluding tert-OH is 1. The molecule has 0 saturated carbocycles. The standard InChI is InChI=1S/C24H30N2O4/c1-7-9-15-13-25-22(26-14-15)29-17-11-10-16(8-2)18(12-17)19-20(27)23(3,4)30-24(5,6)21(19)28/h10-14,27H,7-9H2,1-6H3. The highest BCUT2D eigenvalue weighted by molar-refractivity contribution is 6.26. The Labute approximate surface area is 178 Å². The van der Waals surface area contributed by atoms with Crippen molar-refractivity contribution in [3.8, 4) is 11.8 Å². The first-order valence-corrected chi connectivity index (χ1v) is 10.4. The molecule has 0 amide bonds. The number of benzene rings is 1. The number of hydrogen-bond acceptors (Lipinski definition) is 6. The summed E-state index contributed by atoms with van der Waals surface area (Å²) in [6.07, 6.45) is 6.15. The van der Waals surface area contributed by atoms with Crippen LogP contribution in [0.1, 0.15) is 64.7 Å². The molecule has 0 bridgehead atoms. The Balaban J connectivity index is 2.03. The first-order chi connectivity index (χ1) is 14.1. The minimum Gasteiger partial charge on any atom is -0.508 e. The van der Waals surface area contributed by atoms with Gasteiger partial charge in [0.15, 0.2) is 5.78 Å². The number of aliphatic hydroxyl groups is 1. The van der Waals surface area contributed by atoms with Gasteiger partial charge in [0.2, 0.25) is 0 Å². The van der Waals surface area contributed by atoms with Gasteiger partial charge in [-0.25, -0.2) is 9.97 Å². The van der Waals surface area contributed by atoms with Crippen LogP contribution in [0.2, 0.25) is 0 Å². The zero-order chi connectivity index (χ0) is 22.1. The fourth-order valence-electron chi connectivity index (χ4n) is 3.77. The van der Waals surface area contributed by atoms with E-state index in [0.29, 0.717) is 17.7 Å². The van der Waals surface area contributed by atoms with Crippen molar-refractivity contribution in [2.75, 3.05) is 0 Å². The molecule has 1 aliphatic heterocycles. The van der Waals surface area contributed by atoms with E-state index < -0.39 is 11.2 Å². The van der Waals surface area contributed by atoms with Crippen molar-refractivity contribution in [3.63, 3.8) is 0 Å². The number of ether oxygens (including phenoxy) is 2. The van der Waals surface area contributed by atoms with E-state index in [1.165, 1.54) is 0 Å². The molecule has 1 aromatic heterocycles. The summed E-state index contributed by atoms with van der Waals surface area (Å²) in [6.45, 7) is 11.1. The van der Waals surface area contributed by atoms with Crippen LogP contribution in [0.15, 0.2) is 36.4 Å². The molecular weight excluding hydrogens is 380 g/mol. The molecule has 0 aliphatic carbocycles. The third-order valence-electron chi connectivity index (χ3n) is 5.25. The van der Waals surface area contributed by atoms with E-state index in [-0.39, 0.29) is 23.1 Å². The monoisotopic (exact) mass is 410 g/mol. The smallest absolute Gasteiger partial charge is 0.321 e. The highest BCUT2D eigenvalue weighted by Crippen LogP contribution is 2.41. The lowest BCUT2D eigenvalue weighted by molar-refractivity contribution is -0.158. The van der Waals surface area contributed by atoms with E-state index in [1.54, 1.807) is 46.2 Å². The second-order valence-electron chi connectivity index (χ2n) is 8.57. The van der Waals surface area contributed by atoms with Crippen LogP contribution in [0.25, 0.3) is 5.57 Å². The van der Waals surface area contributed by atoms with E-state index in [9.17, 15) is 9.90 Å². The number of aryl methyl sites for hydroxylation is 2. The van der Waals surface area contributed by atoms with Crippen molar-refractivity contribution in [1.82, 2.24) is 9.97 Å². The van der Waals surface area contributed by atoms with E-state index in [4.69, 9.17) is 9.47 Å². The van der Waals surface area contributed by atoms with E-state index in [0.717, 1.165) is 24.0 Å². The summed E-state index contributed by atoms with van der Waals surface area (Å²) in [7, 11) is 0. The Bertz CT molecular complexity index is 975. The van der Waals surface area contributed by atoms with Crippen LogP contribution in [0.3, 0.4) is 0 Å². The lowest BCUT2D eigenvalue weighted by atomic mass is 9.81. The Kier molecular flexibility index (Phi) is 5.99. The molecule has 1 aromatic carbocycles. The summed E-state index contributed by atoms with van der Waals surface area (Å²) < 4.78 is 11.7. The predicted molar refractivity (Wildman–Crippen MR) is 116 cm³/mol. The molecule has 2 aromatic rings. The minimum absolute atomic E-state index is 0.0705. The largest absolute Gasteiger partial charge is 0.508 e.